The Morgan fingerprint density at radius 3 is 2.56 bits per heavy atom. The second-order valence-electron chi connectivity index (χ2n) is 6.60. The zero-order valence-electron chi connectivity index (χ0n) is 15.4. The summed E-state index contributed by atoms with van der Waals surface area (Å²) in [4.78, 5) is 14.6. The van der Waals surface area contributed by atoms with Crippen LogP contribution in [0.4, 0.5) is 5.69 Å². The van der Waals surface area contributed by atoms with E-state index in [0.29, 0.717) is 30.8 Å². The fourth-order valence-corrected chi connectivity index (χ4v) is 4.29. The normalized spacial score (nSPS) is 14.6. The van der Waals surface area contributed by atoms with Crippen molar-refractivity contribution in [2.24, 2.45) is 0 Å². The highest BCUT2D eigenvalue weighted by molar-refractivity contribution is 7.92. The minimum absolute atomic E-state index is 0.0599. The summed E-state index contributed by atoms with van der Waals surface area (Å²) in [6.45, 7) is 3.01. The van der Waals surface area contributed by atoms with Gasteiger partial charge in [-0.1, -0.05) is 49.4 Å². The molecule has 0 atom stereocenters. The Morgan fingerprint density at radius 2 is 1.89 bits per heavy atom. The molecule has 1 amide bonds. The summed E-state index contributed by atoms with van der Waals surface area (Å²) < 4.78 is 26.4. The smallest absolute Gasteiger partial charge is 0.254 e. The highest BCUT2D eigenvalue weighted by Gasteiger charge is 2.20. The first-order chi connectivity index (χ1) is 13.0. The van der Waals surface area contributed by atoms with Gasteiger partial charge < -0.3 is 4.90 Å². The molecule has 142 valence electrons. The maximum Gasteiger partial charge on any atom is 0.254 e. The maximum absolute atomic E-state index is 12.8. The second kappa shape index (κ2) is 8.39. The van der Waals surface area contributed by atoms with E-state index >= 15 is 0 Å². The van der Waals surface area contributed by atoms with Gasteiger partial charge in [0.15, 0.2) is 0 Å². The van der Waals surface area contributed by atoms with Crippen LogP contribution in [0, 0.1) is 0 Å². The average molecular weight is 385 g/mol. The van der Waals surface area contributed by atoms with Crippen LogP contribution in [0.3, 0.4) is 0 Å². The fourth-order valence-electron chi connectivity index (χ4n) is 3.17. The lowest BCUT2D eigenvalue weighted by Gasteiger charge is -2.27. The van der Waals surface area contributed by atoms with Crippen LogP contribution < -0.4 is 4.72 Å². The number of carbonyl (C=O) groups is 1. The van der Waals surface area contributed by atoms with Gasteiger partial charge >= 0.3 is 0 Å². The molecule has 0 saturated heterocycles. The van der Waals surface area contributed by atoms with Crippen molar-refractivity contribution >= 4 is 27.2 Å². The molecule has 0 fully saturated rings. The molecular formula is C21H24N2O3S. The standard InChI is InChI=1S/C21H24N2O3S/c1-2-15-27(25,26)22-20-10-6-9-19(16-20)21(24)23-13-11-18(12-14-23)17-7-4-3-5-8-17/h3-11,16,22H,2,12-15H2,1H3. The van der Waals surface area contributed by atoms with Crippen molar-refractivity contribution in [2.75, 3.05) is 23.6 Å². The summed E-state index contributed by atoms with van der Waals surface area (Å²) in [6.07, 6.45) is 3.43. The summed E-state index contributed by atoms with van der Waals surface area (Å²) in [5.74, 6) is -0.0282. The fraction of sp³-hybridized carbons (Fsp3) is 0.286. The van der Waals surface area contributed by atoms with Gasteiger partial charge in [-0.25, -0.2) is 8.42 Å². The number of hydrogen-bond donors (Lipinski definition) is 1. The van der Waals surface area contributed by atoms with Gasteiger partial charge in [-0.05, 0) is 42.2 Å². The van der Waals surface area contributed by atoms with E-state index in [1.54, 1.807) is 29.2 Å². The molecule has 1 aliphatic heterocycles. The van der Waals surface area contributed by atoms with Crippen molar-refractivity contribution in [3.8, 4) is 0 Å². The summed E-state index contributed by atoms with van der Waals surface area (Å²) in [5.41, 5.74) is 3.35. The van der Waals surface area contributed by atoms with Crippen LogP contribution in [0.5, 0.6) is 0 Å². The van der Waals surface area contributed by atoms with Gasteiger partial charge in [-0.3, -0.25) is 9.52 Å². The molecule has 0 unspecified atom stereocenters. The second-order valence-corrected chi connectivity index (χ2v) is 8.44. The molecule has 1 heterocycles. The molecule has 0 aromatic heterocycles. The van der Waals surface area contributed by atoms with E-state index in [0.717, 1.165) is 6.42 Å². The van der Waals surface area contributed by atoms with Gasteiger partial charge in [-0.15, -0.1) is 0 Å². The van der Waals surface area contributed by atoms with Crippen LogP contribution in [0.15, 0.2) is 60.7 Å². The molecule has 3 rings (SSSR count). The Labute approximate surface area is 160 Å². The Morgan fingerprint density at radius 1 is 1.11 bits per heavy atom. The number of hydrogen-bond acceptors (Lipinski definition) is 3. The number of nitrogens with one attached hydrogen (secondary N) is 1. The van der Waals surface area contributed by atoms with Gasteiger partial charge in [0, 0.05) is 24.3 Å². The Bertz CT molecular complexity index is 937. The number of amides is 1. The van der Waals surface area contributed by atoms with Gasteiger partial charge in [0.05, 0.1) is 5.75 Å². The first-order valence-electron chi connectivity index (χ1n) is 9.13. The van der Waals surface area contributed by atoms with Crippen LogP contribution in [-0.2, 0) is 10.0 Å². The highest BCUT2D eigenvalue weighted by Crippen LogP contribution is 2.23. The van der Waals surface area contributed by atoms with Gasteiger partial charge in [-0.2, -0.15) is 0 Å². The van der Waals surface area contributed by atoms with E-state index in [4.69, 9.17) is 0 Å². The maximum atomic E-state index is 12.8. The third-order valence-corrected chi connectivity index (χ3v) is 5.99. The van der Waals surface area contributed by atoms with Crippen molar-refractivity contribution < 1.29 is 13.2 Å². The molecule has 0 radical (unpaired) electrons. The molecule has 2 aromatic rings. The lowest BCUT2D eigenvalue weighted by Crippen LogP contribution is -2.34. The molecule has 27 heavy (non-hydrogen) atoms. The number of nitrogens with zero attached hydrogens (tertiary/aromatic N) is 1. The number of sulfonamides is 1. The topological polar surface area (TPSA) is 66.5 Å². The van der Waals surface area contributed by atoms with Gasteiger partial charge in [0.25, 0.3) is 5.91 Å². The minimum atomic E-state index is -3.37. The van der Waals surface area contributed by atoms with Crippen LogP contribution in [0.1, 0.15) is 35.7 Å². The van der Waals surface area contributed by atoms with Crippen LogP contribution in [0.25, 0.3) is 5.57 Å². The minimum Gasteiger partial charge on any atom is -0.335 e. The quantitative estimate of drug-likeness (QED) is 0.824. The van der Waals surface area contributed by atoms with Gasteiger partial charge in [0.1, 0.15) is 0 Å². The van der Waals surface area contributed by atoms with Crippen molar-refractivity contribution in [1.29, 1.82) is 0 Å². The Balaban J connectivity index is 1.70. The lowest BCUT2D eigenvalue weighted by molar-refractivity contribution is 0.0773. The summed E-state index contributed by atoms with van der Waals surface area (Å²) in [6, 6.07) is 16.9. The first kappa shape index (κ1) is 19.2. The van der Waals surface area contributed by atoms with E-state index < -0.39 is 10.0 Å². The zero-order chi connectivity index (χ0) is 19.3. The summed E-state index contributed by atoms with van der Waals surface area (Å²) in [7, 11) is -3.37. The number of rotatable bonds is 6. The SMILES string of the molecule is CCCS(=O)(=O)Nc1cccc(C(=O)N2CC=C(c3ccccc3)CC2)c1. The van der Waals surface area contributed by atoms with E-state index in [9.17, 15) is 13.2 Å². The van der Waals surface area contributed by atoms with Crippen LogP contribution in [-0.4, -0.2) is 38.1 Å². The van der Waals surface area contributed by atoms with Crippen LogP contribution >= 0.6 is 0 Å². The zero-order valence-corrected chi connectivity index (χ0v) is 16.2. The van der Waals surface area contributed by atoms with E-state index in [1.807, 2.05) is 25.1 Å². The third kappa shape index (κ3) is 4.98. The summed E-state index contributed by atoms with van der Waals surface area (Å²) in [5, 5.41) is 0. The van der Waals surface area contributed by atoms with E-state index in [-0.39, 0.29) is 11.7 Å². The molecule has 0 aliphatic carbocycles. The molecule has 0 spiro atoms. The molecule has 1 N–H and O–H groups in total. The predicted molar refractivity (Wildman–Crippen MR) is 109 cm³/mol. The summed E-state index contributed by atoms with van der Waals surface area (Å²) >= 11 is 0. The predicted octanol–water partition coefficient (Wildman–Crippen LogP) is 3.77. The molecule has 0 saturated carbocycles. The molecule has 5 nitrogen and oxygen atoms in total. The van der Waals surface area contributed by atoms with E-state index in [2.05, 4.69) is 22.9 Å². The molecular weight excluding hydrogens is 360 g/mol. The average Bonchev–Trinajstić information content (AvgIpc) is 2.68. The highest BCUT2D eigenvalue weighted by atomic mass is 32.2. The monoisotopic (exact) mass is 384 g/mol. The molecule has 0 bridgehead atoms. The Kier molecular flexibility index (Phi) is 5.96. The van der Waals surface area contributed by atoms with Crippen molar-refractivity contribution in [3.05, 3.63) is 71.8 Å². The van der Waals surface area contributed by atoms with Gasteiger partial charge in [0.2, 0.25) is 10.0 Å². The third-order valence-electron chi connectivity index (χ3n) is 4.50. The molecule has 2 aromatic carbocycles. The first-order valence-corrected chi connectivity index (χ1v) is 10.8. The van der Waals surface area contributed by atoms with Crippen LogP contribution in [0.2, 0.25) is 0 Å². The lowest BCUT2D eigenvalue weighted by atomic mass is 9.99. The number of benzene rings is 2. The number of anilines is 1. The van der Waals surface area contributed by atoms with Crippen molar-refractivity contribution in [1.82, 2.24) is 4.90 Å². The van der Waals surface area contributed by atoms with E-state index in [1.165, 1.54) is 11.1 Å². The Hall–Kier alpha value is -2.60. The van der Waals surface area contributed by atoms with Crippen molar-refractivity contribution in [3.63, 3.8) is 0 Å². The van der Waals surface area contributed by atoms with Crippen molar-refractivity contribution in [2.45, 2.75) is 19.8 Å². The molecule has 6 heteroatoms. The largest absolute Gasteiger partial charge is 0.335 e. The number of carbonyl (C=O) groups excluding carboxylic acids is 1. The molecule has 1 aliphatic rings.